The van der Waals surface area contributed by atoms with Crippen LogP contribution in [0.1, 0.15) is 31.2 Å². The molecular weight excluding hydrogens is 332 g/mol. The predicted molar refractivity (Wildman–Crippen MR) is 90.7 cm³/mol. The van der Waals surface area contributed by atoms with E-state index in [-0.39, 0.29) is 30.6 Å². The Balaban J connectivity index is 1.89. The van der Waals surface area contributed by atoms with E-state index in [9.17, 15) is 18.3 Å². The van der Waals surface area contributed by atoms with Crippen molar-refractivity contribution in [3.63, 3.8) is 0 Å². The second-order valence-electron chi connectivity index (χ2n) is 5.98. The number of carbonyl (C=O) groups is 1. The van der Waals surface area contributed by atoms with Crippen molar-refractivity contribution in [2.45, 2.75) is 38.3 Å². The third-order valence-corrected chi connectivity index (χ3v) is 4.73. The number of primary sulfonamides is 1. The number of carbonyl (C=O) groups excluding carboxylic acids is 1. The van der Waals surface area contributed by atoms with Gasteiger partial charge in [0.2, 0.25) is 15.9 Å². The number of hydrogen-bond donors (Lipinski definition) is 3. The highest BCUT2D eigenvalue weighted by Crippen LogP contribution is 2.21. The molecule has 2 rings (SSSR count). The van der Waals surface area contributed by atoms with Crippen LogP contribution in [0.15, 0.2) is 18.3 Å². The number of hydrogen-bond acceptors (Lipinski definition) is 6. The second kappa shape index (κ2) is 8.41. The quantitative estimate of drug-likeness (QED) is 0.617. The molecule has 0 spiro atoms. The van der Waals surface area contributed by atoms with E-state index in [1.807, 2.05) is 11.0 Å². The number of sulfonamides is 1. The highest BCUT2D eigenvalue weighted by atomic mass is 32.2. The fraction of sp³-hybridized carbons (Fsp3) is 0.600. The van der Waals surface area contributed by atoms with E-state index in [4.69, 9.17) is 5.14 Å². The number of rotatable bonds is 7. The fourth-order valence-corrected chi connectivity index (χ4v) is 3.26. The minimum atomic E-state index is -3.53. The number of nitrogens with two attached hydrogens (primary N) is 1. The third-order valence-electron chi connectivity index (χ3n) is 3.87. The molecule has 1 aliphatic rings. The van der Waals surface area contributed by atoms with E-state index < -0.39 is 10.0 Å². The van der Waals surface area contributed by atoms with Crippen molar-refractivity contribution in [3.8, 4) is 0 Å². The van der Waals surface area contributed by atoms with E-state index in [0.717, 1.165) is 30.8 Å². The first-order valence-electron chi connectivity index (χ1n) is 7.99. The number of aromatic nitrogens is 1. The molecule has 1 atom stereocenters. The van der Waals surface area contributed by atoms with Gasteiger partial charge in [0.25, 0.3) is 0 Å². The van der Waals surface area contributed by atoms with Crippen molar-refractivity contribution in [2.24, 2.45) is 5.14 Å². The molecule has 2 heterocycles. The van der Waals surface area contributed by atoms with Crippen LogP contribution in [0.25, 0.3) is 0 Å². The molecule has 1 aromatic rings. The van der Waals surface area contributed by atoms with Crippen molar-refractivity contribution in [3.05, 3.63) is 23.9 Å². The van der Waals surface area contributed by atoms with Crippen LogP contribution >= 0.6 is 0 Å². The topological polar surface area (TPSA) is 126 Å². The minimum Gasteiger partial charge on any atom is -0.391 e. The van der Waals surface area contributed by atoms with Gasteiger partial charge in [-0.05, 0) is 25.3 Å². The zero-order valence-electron chi connectivity index (χ0n) is 13.5. The SMILES string of the molecule is NS(=O)(=O)CCCC(=O)NCc1cccnc1N1CCCC(O)C1. The molecule has 4 N–H and O–H groups in total. The van der Waals surface area contributed by atoms with Crippen LogP contribution in [0.5, 0.6) is 0 Å². The Morgan fingerprint density at radius 2 is 2.29 bits per heavy atom. The lowest BCUT2D eigenvalue weighted by Gasteiger charge is -2.32. The van der Waals surface area contributed by atoms with Gasteiger partial charge in [-0.15, -0.1) is 0 Å². The van der Waals surface area contributed by atoms with Gasteiger partial charge in [-0.2, -0.15) is 0 Å². The molecule has 0 radical (unpaired) electrons. The Hall–Kier alpha value is -1.71. The smallest absolute Gasteiger partial charge is 0.220 e. The zero-order chi connectivity index (χ0) is 17.6. The molecule has 1 saturated heterocycles. The molecule has 1 aromatic heterocycles. The van der Waals surface area contributed by atoms with Crippen LogP contribution in [0.3, 0.4) is 0 Å². The molecular formula is C15H24N4O4S. The number of anilines is 1. The molecule has 0 saturated carbocycles. The maximum atomic E-state index is 11.8. The Labute approximate surface area is 142 Å². The van der Waals surface area contributed by atoms with Crippen molar-refractivity contribution in [2.75, 3.05) is 23.7 Å². The van der Waals surface area contributed by atoms with Crippen LogP contribution < -0.4 is 15.4 Å². The van der Waals surface area contributed by atoms with Gasteiger partial charge in [0.1, 0.15) is 5.82 Å². The summed E-state index contributed by atoms with van der Waals surface area (Å²) in [5.41, 5.74) is 0.867. The Bertz CT molecular complexity index is 665. The first-order chi connectivity index (χ1) is 11.3. The number of amides is 1. The number of β-amino-alcohol motifs (C(OH)–C–C–N with tert-alkyl or cyclic N) is 1. The summed E-state index contributed by atoms with van der Waals surface area (Å²) in [6.45, 7) is 1.67. The first kappa shape index (κ1) is 18.6. The third kappa shape index (κ3) is 6.06. The number of pyridine rings is 1. The average Bonchev–Trinajstić information content (AvgIpc) is 2.52. The van der Waals surface area contributed by atoms with E-state index in [2.05, 4.69) is 10.3 Å². The molecule has 24 heavy (non-hydrogen) atoms. The van der Waals surface area contributed by atoms with Gasteiger partial charge in [0.15, 0.2) is 0 Å². The lowest BCUT2D eigenvalue weighted by atomic mass is 10.1. The number of aliphatic hydroxyl groups excluding tert-OH is 1. The lowest BCUT2D eigenvalue weighted by molar-refractivity contribution is -0.121. The van der Waals surface area contributed by atoms with E-state index in [0.29, 0.717) is 13.1 Å². The van der Waals surface area contributed by atoms with Crippen molar-refractivity contribution < 1.29 is 18.3 Å². The van der Waals surface area contributed by atoms with Crippen molar-refractivity contribution in [1.29, 1.82) is 0 Å². The maximum absolute atomic E-state index is 11.8. The van der Waals surface area contributed by atoms with Crippen LogP contribution in [-0.2, 0) is 21.4 Å². The van der Waals surface area contributed by atoms with Gasteiger partial charge in [-0.25, -0.2) is 18.5 Å². The van der Waals surface area contributed by atoms with Crippen LogP contribution in [0.4, 0.5) is 5.82 Å². The van der Waals surface area contributed by atoms with Crippen LogP contribution in [0, 0.1) is 0 Å². The van der Waals surface area contributed by atoms with E-state index in [1.54, 1.807) is 12.3 Å². The van der Waals surface area contributed by atoms with Gasteiger partial charge >= 0.3 is 0 Å². The Morgan fingerprint density at radius 1 is 1.50 bits per heavy atom. The summed E-state index contributed by atoms with van der Waals surface area (Å²) >= 11 is 0. The van der Waals surface area contributed by atoms with E-state index in [1.165, 1.54) is 0 Å². The van der Waals surface area contributed by atoms with Gasteiger partial charge < -0.3 is 15.3 Å². The molecule has 9 heteroatoms. The number of nitrogens with one attached hydrogen (secondary N) is 1. The number of nitrogens with zero attached hydrogens (tertiary/aromatic N) is 2. The summed E-state index contributed by atoms with van der Waals surface area (Å²) in [7, 11) is -3.53. The summed E-state index contributed by atoms with van der Waals surface area (Å²) in [6.07, 6.45) is 3.32. The molecule has 1 unspecified atom stereocenters. The van der Waals surface area contributed by atoms with Crippen molar-refractivity contribution in [1.82, 2.24) is 10.3 Å². The standard InChI is InChI=1S/C15H24N4O4S/c16-24(22,23)9-3-6-14(21)18-10-12-4-1-7-17-15(12)19-8-2-5-13(20)11-19/h1,4,7,13,20H,2-3,5-6,8-11H2,(H,18,21)(H2,16,22,23). The highest BCUT2D eigenvalue weighted by molar-refractivity contribution is 7.89. The highest BCUT2D eigenvalue weighted by Gasteiger charge is 2.21. The summed E-state index contributed by atoms with van der Waals surface area (Å²) in [5, 5.41) is 17.5. The molecule has 134 valence electrons. The van der Waals surface area contributed by atoms with Gasteiger partial charge in [0, 0.05) is 37.8 Å². The average molecular weight is 356 g/mol. The summed E-state index contributed by atoms with van der Waals surface area (Å²) in [6, 6.07) is 3.68. The molecule has 0 aromatic carbocycles. The fourth-order valence-electron chi connectivity index (χ4n) is 2.72. The van der Waals surface area contributed by atoms with Gasteiger partial charge in [-0.3, -0.25) is 4.79 Å². The van der Waals surface area contributed by atoms with Gasteiger partial charge in [-0.1, -0.05) is 6.07 Å². The van der Waals surface area contributed by atoms with Crippen molar-refractivity contribution >= 4 is 21.7 Å². The van der Waals surface area contributed by atoms with Crippen LogP contribution in [0.2, 0.25) is 0 Å². The largest absolute Gasteiger partial charge is 0.391 e. The number of piperidine rings is 1. The first-order valence-corrected chi connectivity index (χ1v) is 9.71. The lowest BCUT2D eigenvalue weighted by Crippen LogP contribution is -2.39. The monoisotopic (exact) mass is 356 g/mol. The Kier molecular flexibility index (Phi) is 6.52. The van der Waals surface area contributed by atoms with Gasteiger partial charge in [0.05, 0.1) is 11.9 Å². The molecule has 1 fully saturated rings. The normalized spacial score (nSPS) is 18.4. The molecule has 1 amide bonds. The minimum absolute atomic E-state index is 0.106. The zero-order valence-corrected chi connectivity index (χ0v) is 14.3. The summed E-state index contributed by atoms with van der Waals surface area (Å²) in [4.78, 5) is 18.2. The molecule has 8 nitrogen and oxygen atoms in total. The maximum Gasteiger partial charge on any atom is 0.220 e. The molecule has 0 bridgehead atoms. The molecule has 1 aliphatic heterocycles. The molecule has 0 aliphatic carbocycles. The Morgan fingerprint density at radius 3 is 3.00 bits per heavy atom. The van der Waals surface area contributed by atoms with Crippen LogP contribution in [-0.4, -0.2) is 49.4 Å². The van der Waals surface area contributed by atoms with E-state index >= 15 is 0 Å². The second-order valence-corrected chi connectivity index (χ2v) is 7.71. The summed E-state index contributed by atoms with van der Waals surface area (Å²) < 4.78 is 21.7. The number of aliphatic hydroxyl groups is 1. The predicted octanol–water partition coefficient (Wildman–Crippen LogP) is -0.272. The summed E-state index contributed by atoms with van der Waals surface area (Å²) in [5.74, 6) is 0.331.